The zero-order valence-corrected chi connectivity index (χ0v) is 41.0. The molecule has 0 atom stereocenters. The number of aryl methyl sites for hydroxylation is 2. The van der Waals surface area contributed by atoms with Gasteiger partial charge in [0.2, 0.25) is 11.3 Å². The van der Waals surface area contributed by atoms with Gasteiger partial charge in [-0.1, -0.05) is 23.7 Å². The monoisotopic (exact) mass is 978 g/mol. The summed E-state index contributed by atoms with van der Waals surface area (Å²) in [5.74, 6) is 0.341. The Kier molecular flexibility index (Phi) is 11.5. The van der Waals surface area contributed by atoms with Crippen LogP contribution in [0.5, 0.6) is 17.2 Å². The van der Waals surface area contributed by atoms with Crippen molar-refractivity contribution in [2.75, 3.05) is 43.5 Å². The molecule has 0 aliphatic carbocycles. The van der Waals surface area contributed by atoms with Gasteiger partial charge in [0.1, 0.15) is 30.3 Å². The Balaban J connectivity index is 0.826. The molecule has 362 valence electrons. The Morgan fingerprint density at radius 3 is 2.29 bits per heavy atom. The number of benzene rings is 6. The van der Waals surface area contributed by atoms with E-state index in [0.29, 0.717) is 49.9 Å². The Labute approximate surface area is 421 Å². The van der Waals surface area contributed by atoms with Gasteiger partial charge in [0.05, 0.1) is 30.2 Å². The maximum absolute atomic E-state index is 14.2. The minimum atomic E-state index is -1.06. The molecular weight excluding hydrogens is 926 g/mol. The number of fused-ring (bicyclic) bond motifs is 5. The highest BCUT2D eigenvalue weighted by Crippen LogP contribution is 2.49. The van der Waals surface area contributed by atoms with Crippen LogP contribution in [-0.2, 0) is 43.4 Å². The number of methoxy groups -OCH3 is 1. The summed E-state index contributed by atoms with van der Waals surface area (Å²) in [6.45, 7) is 6.09. The minimum absolute atomic E-state index is 0.00410. The number of hydrogen-bond donors (Lipinski definition) is 3. The standard InChI is InChI=1S/C59H52ClN5O7/c1-33-45(46-30-41(71-2)20-22-50(46)65(33)58(68)35-13-16-39(60)17-14-35)31-51(66)62-40-18-11-34(12-19-40)32-61-57(67)38-15-21-42(59(69)70)47(29-38)52-48-27-36-7-3-23-63-25-5-9-43(53(36)63)55(48)72-56-44-10-6-26-64-24-4-8-37(54(44)64)28-49(52)56/h11-22,27-30H,3-10,23-26,31-32H2,1-2H3,(H2-,61,62,66,67,69,70)/p+1. The maximum Gasteiger partial charge on any atom is 0.336 e. The van der Waals surface area contributed by atoms with Crippen LogP contribution in [0.15, 0.2) is 97.1 Å². The SMILES string of the molecule is COc1ccc2c(c1)c(CC(=O)Nc1ccc(CNC(=O)c3ccc(C(=O)O)c(C4=c5cc6c7c(c5Oc5c4cc4c8c5CCCN8CCC4)CCC[N+]=7CCC6)c3)cc1)c(C)n2C(=O)c1ccc(Cl)cc1. The van der Waals surface area contributed by atoms with Gasteiger partial charge in [-0.25, -0.2) is 9.37 Å². The number of carbonyl (C=O) groups is 4. The normalized spacial score (nSPS) is 15.2. The third-order valence-corrected chi connectivity index (χ3v) is 15.6. The highest BCUT2D eigenvalue weighted by Gasteiger charge is 2.37. The number of halogens is 1. The van der Waals surface area contributed by atoms with Crippen molar-refractivity contribution < 1.29 is 33.8 Å². The van der Waals surface area contributed by atoms with Crippen molar-refractivity contribution in [3.63, 3.8) is 0 Å². The molecule has 0 fully saturated rings. The summed E-state index contributed by atoms with van der Waals surface area (Å²) in [5, 5.41) is 20.3. The first-order valence-electron chi connectivity index (χ1n) is 25.0. The quantitative estimate of drug-likeness (QED) is 0.116. The number of carbonyl (C=O) groups excluding carboxylic acids is 3. The molecule has 5 aliphatic heterocycles. The van der Waals surface area contributed by atoms with Crippen molar-refractivity contribution in [2.24, 2.45) is 0 Å². The number of nitrogens with zero attached hydrogens (tertiary/aromatic N) is 3. The van der Waals surface area contributed by atoms with Crippen molar-refractivity contribution in [3.8, 4) is 17.2 Å². The predicted molar refractivity (Wildman–Crippen MR) is 278 cm³/mol. The average Bonchev–Trinajstić information content (AvgIpc) is 3.66. The molecule has 12 rings (SSSR count). The van der Waals surface area contributed by atoms with Crippen LogP contribution in [0.4, 0.5) is 11.4 Å². The molecular formula is C59H53ClN5O7+. The van der Waals surface area contributed by atoms with Crippen LogP contribution in [-0.4, -0.2) is 66.7 Å². The van der Waals surface area contributed by atoms with Crippen LogP contribution in [0.2, 0.25) is 5.02 Å². The summed E-state index contributed by atoms with van der Waals surface area (Å²) in [7, 11) is 1.57. The maximum atomic E-state index is 14.2. The molecule has 12 nitrogen and oxygen atoms in total. The fourth-order valence-corrected chi connectivity index (χ4v) is 12.2. The van der Waals surface area contributed by atoms with E-state index in [1.807, 2.05) is 31.2 Å². The molecule has 2 amide bonds. The number of amides is 2. The molecule has 6 aromatic carbocycles. The second-order valence-electron chi connectivity index (χ2n) is 19.6. The van der Waals surface area contributed by atoms with E-state index in [1.54, 1.807) is 72.3 Å². The lowest BCUT2D eigenvalue weighted by molar-refractivity contribution is -0.115. The molecule has 0 spiro atoms. The smallest absolute Gasteiger partial charge is 0.336 e. The van der Waals surface area contributed by atoms with Crippen molar-refractivity contribution >= 4 is 63.1 Å². The van der Waals surface area contributed by atoms with Crippen LogP contribution in [0, 0.1) is 6.92 Å². The van der Waals surface area contributed by atoms with Gasteiger partial charge >= 0.3 is 5.97 Å². The summed E-state index contributed by atoms with van der Waals surface area (Å²) in [4.78, 5) is 57.4. The summed E-state index contributed by atoms with van der Waals surface area (Å²) in [5.41, 5.74) is 12.8. The number of hydrogen-bond acceptors (Lipinski definition) is 7. The van der Waals surface area contributed by atoms with Gasteiger partial charge in [0.15, 0.2) is 0 Å². The third kappa shape index (κ3) is 7.79. The number of aromatic nitrogens is 1. The van der Waals surface area contributed by atoms with Crippen molar-refractivity contribution in [2.45, 2.75) is 71.3 Å². The second-order valence-corrected chi connectivity index (χ2v) is 20.0. The van der Waals surface area contributed by atoms with E-state index in [2.05, 4.69) is 32.2 Å². The lowest BCUT2D eigenvalue weighted by Gasteiger charge is -2.39. The number of carboxylic acids is 1. The number of aromatic carboxylic acids is 1. The lowest BCUT2D eigenvalue weighted by atomic mass is 9.81. The topological polar surface area (TPSA) is 142 Å². The number of rotatable bonds is 10. The molecule has 13 heteroatoms. The number of anilines is 2. The molecule has 72 heavy (non-hydrogen) atoms. The van der Waals surface area contributed by atoms with E-state index in [9.17, 15) is 24.3 Å². The molecule has 3 N–H and O–H groups in total. The largest absolute Gasteiger partial charge is 0.497 e. The van der Waals surface area contributed by atoms with Gasteiger partial charge in [-0.15, -0.1) is 0 Å². The van der Waals surface area contributed by atoms with E-state index in [0.717, 1.165) is 116 Å². The van der Waals surface area contributed by atoms with Crippen molar-refractivity contribution in [1.82, 2.24) is 14.5 Å². The van der Waals surface area contributed by atoms with Crippen LogP contribution < -0.4 is 40.2 Å². The van der Waals surface area contributed by atoms with Gasteiger partial charge in [-0.05, 0) is 153 Å². The van der Waals surface area contributed by atoms with E-state index in [-0.39, 0.29) is 36.3 Å². The van der Waals surface area contributed by atoms with Gasteiger partial charge < -0.3 is 30.1 Å². The molecule has 0 bridgehead atoms. The highest BCUT2D eigenvalue weighted by molar-refractivity contribution is 6.30. The number of nitrogens with one attached hydrogen (secondary N) is 2. The average molecular weight is 980 g/mol. The van der Waals surface area contributed by atoms with E-state index >= 15 is 0 Å². The van der Waals surface area contributed by atoms with Gasteiger partial charge in [0.25, 0.3) is 11.8 Å². The first kappa shape index (κ1) is 45.4. The van der Waals surface area contributed by atoms with Crippen LogP contribution in [0.1, 0.15) is 107 Å². The minimum Gasteiger partial charge on any atom is -0.497 e. The van der Waals surface area contributed by atoms with Crippen molar-refractivity contribution in [1.29, 1.82) is 0 Å². The Hall–Kier alpha value is -7.70. The fourth-order valence-electron chi connectivity index (χ4n) is 12.0. The highest BCUT2D eigenvalue weighted by atomic mass is 35.5. The molecule has 0 saturated heterocycles. The first-order chi connectivity index (χ1) is 35.0. The van der Waals surface area contributed by atoms with Crippen LogP contribution in [0.25, 0.3) is 16.5 Å². The molecule has 0 saturated carbocycles. The zero-order chi connectivity index (χ0) is 49.4. The number of carboxylic acid groups (broad SMARTS) is 1. The van der Waals surface area contributed by atoms with E-state index in [4.69, 9.17) is 21.1 Å². The van der Waals surface area contributed by atoms with E-state index < -0.39 is 5.97 Å². The summed E-state index contributed by atoms with van der Waals surface area (Å²) in [6, 6.07) is 28.8. The second kappa shape index (κ2) is 18.2. The first-order valence-corrected chi connectivity index (χ1v) is 25.4. The molecule has 0 unspecified atom stereocenters. The molecule has 5 aliphatic rings. The predicted octanol–water partition coefficient (Wildman–Crippen LogP) is 8.54. The molecule has 0 radical (unpaired) electrons. The van der Waals surface area contributed by atoms with Gasteiger partial charge in [0, 0.05) is 98.6 Å². The fraction of sp³-hybridized carbons (Fsp3) is 0.271. The van der Waals surface area contributed by atoms with Crippen LogP contribution in [0.3, 0.4) is 0 Å². The third-order valence-electron chi connectivity index (χ3n) is 15.3. The Morgan fingerprint density at radius 2 is 1.51 bits per heavy atom. The summed E-state index contributed by atoms with van der Waals surface area (Å²) >= 11 is 6.11. The Bertz CT molecular complexity index is 3610. The van der Waals surface area contributed by atoms with Gasteiger partial charge in [-0.2, -0.15) is 0 Å². The lowest BCUT2D eigenvalue weighted by Crippen LogP contribution is -2.45. The van der Waals surface area contributed by atoms with Gasteiger partial charge in [-0.3, -0.25) is 19.0 Å². The van der Waals surface area contributed by atoms with Crippen LogP contribution >= 0.6 is 11.6 Å². The number of ether oxygens (including phenoxy) is 2. The molecule has 1 aromatic heterocycles. The summed E-state index contributed by atoms with van der Waals surface area (Å²) < 4.78 is 16.8. The molecule has 6 heterocycles. The van der Waals surface area contributed by atoms with Crippen molar-refractivity contribution in [3.05, 3.63) is 180 Å². The zero-order valence-electron chi connectivity index (χ0n) is 40.3. The van der Waals surface area contributed by atoms with E-state index in [1.165, 1.54) is 33.3 Å². The Morgan fingerprint density at radius 1 is 0.778 bits per heavy atom. The summed E-state index contributed by atoms with van der Waals surface area (Å²) in [6.07, 6.45) is 7.80. The molecule has 7 aromatic rings.